The van der Waals surface area contributed by atoms with E-state index >= 15 is 0 Å². The Morgan fingerprint density at radius 1 is 1.04 bits per heavy atom. The van der Waals surface area contributed by atoms with Gasteiger partial charge in [-0.05, 0) is 36.4 Å². The third kappa shape index (κ3) is 4.73. The predicted octanol–water partition coefficient (Wildman–Crippen LogP) is 0.0417. The van der Waals surface area contributed by atoms with Gasteiger partial charge in [-0.15, -0.1) is 0 Å². The first-order chi connectivity index (χ1) is 12.5. The molecular weight excluding hydrogens is 455 g/mol. The van der Waals surface area contributed by atoms with Crippen molar-refractivity contribution < 1.29 is 43.1 Å². The van der Waals surface area contributed by atoms with E-state index in [1.165, 1.54) is 11.3 Å². The summed E-state index contributed by atoms with van der Waals surface area (Å²) < 4.78 is 15.3. The van der Waals surface area contributed by atoms with Crippen LogP contribution < -0.4 is 38.0 Å². The number of methoxy groups -OCH3 is 1. The van der Waals surface area contributed by atoms with Crippen molar-refractivity contribution in [2.24, 2.45) is 7.05 Å². The fourth-order valence-corrected chi connectivity index (χ4v) is 3.42. The van der Waals surface area contributed by atoms with Gasteiger partial charge in [0.2, 0.25) is 0 Å². The number of ether oxygens (including phenoxy) is 2. The fraction of sp³-hybridized carbons (Fsp3) is 0.381. The lowest BCUT2D eigenvalue weighted by Gasteiger charge is -2.13. The number of hydrogen-bond acceptors (Lipinski definition) is 3. The van der Waals surface area contributed by atoms with Crippen molar-refractivity contribution in [3.05, 3.63) is 54.4 Å². The summed E-state index contributed by atoms with van der Waals surface area (Å²) in [5.41, 5.74) is 2.29. The molecule has 27 heavy (non-hydrogen) atoms. The van der Waals surface area contributed by atoms with Crippen molar-refractivity contribution in [3.63, 3.8) is 0 Å². The minimum absolute atomic E-state index is 0. The average molecular weight is 482 g/mol. The highest BCUT2D eigenvalue weighted by molar-refractivity contribution is 5.72. The van der Waals surface area contributed by atoms with Crippen LogP contribution in [0.5, 0.6) is 11.5 Å². The van der Waals surface area contributed by atoms with Crippen LogP contribution in [0.25, 0.3) is 11.0 Å². The molecule has 2 aromatic carbocycles. The van der Waals surface area contributed by atoms with E-state index in [9.17, 15) is 5.11 Å². The van der Waals surface area contributed by atoms with Gasteiger partial charge in [0.05, 0.1) is 20.1 Å². The molecule has 0 saturated carbocycles. The Morgan fingerprint density at radius 2 is 1.67 bits per heavy atom. The zero-order chi connectivity index (χ0) is 18.7. The second kappa shape index (κ2) is 9.41. The fourth-order valence-electron chi connectivity index (χ4n) is 3.42. The van der Waals surface area contributed by atoms with Gasteiger partial charge in [-0.1, -0.05) is 26.0 Å². The maximum absolute atomic E-state index is 10.6. The lowest BCUT2D eigenvalue weighted by Crippen LogP contribution is -3.00. The van der Waals surface area contributed by atoms with Gasteiger partial charge in [0.25, 0.3) is 5.82 Å². The molecule has 1 unspecified atom stereocenters. The number of rotatable bonds is 7. The Hall–Kier alpha value is -1.80. The van der Waals surface area contributed by atoms with Crippen LogP contribution in [0.3, 0.4) is 0 Å². The molecule has 0 aliphatic rings. The van der Waals surface area contributed by atoms with E-state index in [-0.39, 0.29) is 30.6 Å². The number of nitrogens with zero attached hydrogens (tertiary/aromatic N) is 2. The van der Waals surface area contributed by atoms with Crippen molar-refractivity contribution in [3.8, 4) is 11.5 Å². The number of aliphatic hydroxyl groups is 1. The monoisotopic (exact) mass is 482 g/mol. The molecule has 0 fully saturated rings. The molecule has 1 aromatic heterocycles. The largest absolute Gasteiger partial charge is 1.00 e. The lowest BCUT2D eigenvalue weighted by molar-refractivity contribution is -0.655. The van der Waals surface area contributed by atoms with Gasteiger partial charge in [0.1, 0.15) is 30.8 Å². The van der Waals surface area contributed by atoms with Crippen LogP contribution in [0.2, 0.25) is 0 Å². The van der Waals surface area contributed by atoms with E-state index in [2.05, 4.69) is 42.2 Å². The smallest absolute Gasteiger partial charge is 0.259 e. The molecule has 1 N–H and O–H groups in total. The number of aryl methyl sites for hydroxylation is 1. The molecule has 5 nitrogen and oxygen atoms in total. The van der Waals surface area contributed by atoms with Crippen LogP contribution in [0.4, 0.5) is 0 Å². The molecule has 146 valence electrons. The molecule has 0 amide bonds. The molecule has 0 aliphatic carbocycles. The standard InChI is InChI=1S/C21H27N2O3.HI/c1-15(2)21-22(3)19-7-5-6-8-20(19)23(21)13-16(24)14-26-18-11-9-17(25-4)10-12-18;/h5-12,15-16,24H,13-14H2,1-4H3;1H/q+1;/p-1. The summed E-state index contributed by atoms with van der Waals surface area (Å²) in [5.74, 6) is 3.04. The van der Waals surface area contributed by atoms with E-state index in [0.717, 1.165) is 17.0 Å². The molecule has 0 spiro atoms. The topological polar surface area (TPSA) is 47.5 Å². The highest BCUT2D eigenvalue weighted by atomic mass is 127. The molecular formula is C21H27IN2O3. The Kier molecular flexibility index (Phi) is 7.49. The number of aromatic nitrogens is 2. The second-order valence-corrected chi connectivity index (χ2v) is 6.81. The first kappa shape index (κ1) is 21.5. The van der Waals surface area contributed by atoms with Crippen molar-refractivity contribution in [1.29, 1.82) is 0 Å². The van der Waals surface area contributed by atoms with Crippen LogP contribution >= 0.6 is 0 Å². The summed E-state index contributed by atoms with van der Waals surface area (Å²) in [5, 5.41) is 10.6. The third-order valence-corrected chi connectivity index (χ3v) is 4.57. The number of halogens is 1. The summed E-state index contributed by atoms with van der Waals surface area (Å²) in [6, 6.07) is 15.7. The van der Waals surface area contributed by atoms with Crippen molar-refractivity contribution in [2.75, 3.05) is 13.7 Å². The Labute approximate surface area is 177 Å². The van der Waals surface area contributed by atoms with Gasteiger partial charge in [-0.3, -0.25) is 0 Å². The first-order valence-corrected chi connectivity index (χ1v) is 8.93. The Balaban J connectivity index is 0.00000261. The number of para-hydroxylation sites is 2. The third-order valence-electron chi connectivity index (χ3n) is 4.57. The summed E-state index contributed by atoms with van der Waals surface area (Å²) in [4.78, 5) is 0. The summed E-state index contributed by atoms with van der Waals surface area (Å²) in [6.45, 7) is 5.07. The van der Waals surface area contributed by atoms with Gasteiger partial charge in [-0.25, -0.2) is 9.13 Å². The highest BCUT2D eigenvalue weighted by Crippen LogP contribution is 2.21. The molecule has 0 aliphatic heterocycles. The van der Waals surface area contributed by atoms with Crippen LogP contribution in [0.1, 0.15) is 25.6 Å². The number of imidazole rings is 1. The van der Waals surface area contributed by atoms with Gasteiger partial charge < -0.3 is 38.6 Å². The zero-order valence-corrected chi connectivity index (χ0v) is 18.4. The number of hydrogen-bond donors (Lipinski definition) is 1. The Bertz CT molecular complexity index is 875. The molecule has 1 atom stereocenters. The minimum Gasteiger partial charge on any atom is -1.00 e. The number of aliphatic hydroxyl groups excluding tert-OH is 1. The molecule has 0 bridgehead atoms. The van der Waals surface area contributed by atoms with E-state index in [0.29, 0.717) is 12.5 Å². The summed E-state index contributed by atoms with van der Waals surface area (Å²) >= 11 is 0. The van der Waals surface area contributed by atoms with Crippen LogP contribution in [0, 0.1) is 0 Å². The molecule has 3 rings (SSSR count). The van der Waals surface area contributed by atoms with Gasteiger partial charge in [0, 0.05) is 0 Å². The number of benzene rings is 2. The minimum atomic E-state index is -0.606. The summed E-state index contributed by atoms with van der Waals surface area (Å²) in [7, 11) is 3.71. The average Bonchev–Trinajstić information content (AvgIpc) is 2.93. The van der Waals surface area contributed by atoms with E-state index in [1.807, 2.05) is 36.4 Å². The van der Waals surface area contributed by atoms with E-state index in [4.69, 9.17) is 9.47 Å². The first-order valence-electron chi connectivity index (χ1n) is 8.93. The van der Waals surface area contributed by atoms with Gasteiger partial charge >= 0.3 is 0 Å². The van der Waals surface area contributed by atoms with Gasteiger partial charge in [-0.2, -0.15) is 0 Å². The van der Waals surface area contributed by atoms with E-state index < -0.39 is 6.10 Å². The van der Waals surface area contributed by atoms with Crippen LogP contribution in [0.15, 0.2) is 48.5 Å². The predicted molar refractivity (Wildman–Crippen MR) is 102 cm³/mol. The molecule has 1 heterocycles. The summed E-state index contributed by atoms with van der Waals surface area (Å²) in [6.07, 6.45) is -0.606. The SMILES string of the molecule is COc1ccc(OCC(O)Cn2c(C(C)C)[n+](C)c3ccccc32)cc1.[I-]. The normalized spacial score (nSPS) is 12.1. The maximum Gasteiger partial charge on any atom is 0.259 e. The molecule has 6 heteroatoms. The van der Waals surface area contributed by atoms with Crippen molar-refractivity contribution in [1.82, 2.24) is 4.57 Å². The van der Waals surface area contributed by atoms with Crippen LogP contribution in [-0.4, -0.2) is 29.5 Å². The van der Waals surface area contributed by atoms with E-state index in [1.54, 1.807) is 7.11 Å². The molecule has 3 aromatic rings. The Morgan fingerprint density at radius 3 is 2.30 bits per heavy atom. The van der Waals surface area contributed by atoms with Gasteiger partial charge in [0.15, 0.2) is 11.0 Å². The van der Waals surface area contributed by atoms with Crippen LogP contribution in [-0.2, 0) is 13.6 Å². The van der Waals surface area contributed by atoms with Crippen molar-refractivity contribution in [2.45, 2.75) is 32.4 Å². The number of fused-ring (bicyclic) bond motifs is 1. The highest BCUT2D eigenvalue weighted by Gasteiger charge is 2.26. The van der Waals surface area contributed by atoms with Crippen molar-refractivity contribution >= 4 is 11.0 Å². The molecule has 0 saturated heterocycles. The maximum atomic E-state index is 10.6. The molecule has 0 radical (unpaired) electrons. The lowest BCUT2D eigenvalue weighted by atomic mass is 10.2. The second-order valence-electron chi connectivity index (χ2n) is 6.81. The quantitative estimate of drug-likeness (QED) is 0.383. The zero-order valence-electron chi connectivity index (χ0n) is 16.2.